The SMILES string of the molecule is C=CC.CC.CN.[HH]. The molecule has 0 radical (unpaired) electrons. The Hall–Kier alpha value is -0.300. The largest absolute Gasteiger partial charge is 0.333 e. The van der Waals surface area contributed by atoms with Crippen molar-refractivity contribution in [1.29, 1.82) is 0 Å². The monoisotopic (exact) mass is 105 g/mol. The molecule has 0 aliphatic carbocycles. The number of nitrogens with two attached hydrogens (primary N) is 1. The van der Waals surface area contributed by atoms with Gasteiger partial charge in [0.2, 0.25) is 0 Å². The van der Waals surface area contributed by atoms with Crippen LogP contribution in [0.2, 0.25) is 0 Å². The van der Waals surface area contributed by atoms with Gasteiger partial charge in [-0.2, -0.15) is 0 Å². The Morgan fingerprint density at radius 1 is 1.43 bits per heavy atom. The van der Waals surface area contributed by atoms with E-state index in [0.717, 1.165) is 0 Å². The summed E-state index contributed by atoms with van der Waals surface area (Å²) in [6.07, 6.45) is 1.75. The Balaban J connectivity index is -0.0000000147. The standard InChI is InChI=1S/C3H6.C2H6.CH5N.H2/c1-3-2;2*1-2;/h3H,1H2,2H3;1-2H3;2H2,1H3;1H. The number of allylic oxidation sites excluding steroid dienone is 1. The lowest BCUT2D eigenvalue weighted by Gasteiger charge is -1.31. The van der Waals surface area contributed by atoms with Gasteiger partial charge in [-0.15, -0.1) is 6.58 Å². The predicted molar refractivity (Wildman–Crippen MR) is 39.4 cm³/mol. The highest BCUT2D eigenvalue weighted by atomic mass is 14.4. The van der Waals surface area contributed by atoms with E-state index in [1.165, 1.54) is 7.05 Å². The number of hydrogen-bond donors (Lipinski definition) is 1. The van der Waals surface area contributed by atoms with Crippen molar-refractivity contribution in [2.45, 2.75) is 20.8 Å². The van der Waals surface area contributed by atoms with Crippen molar-refractivity contribution in [3.8, 4) is 0 Å². The van der Waals surface area contributed by atoms with Gasteiger partial charge in [0.15, 0.2) is 0 Å². The average Bonchev–Trinajstić information content (AvgIpc) is 1.78. The molecule has 0 aliphatic heterocycles. The van der Waals surface area contributed by atoms with Crippen molar-refractivity contribution in [2.24, 2.45) is 5.73 Å². The molecule has 0 aromatic carbocycles. The van der Waals surface area contributed by atoms with Crippen LogP contribution >= 0.6 is 0 Å². The summed E-state index contributed by atoms with van der Waals surface area (Å²) in [7, 11) is 1.50. The topological polar surface area (TPSA) is 26.0 Å². The summed E-state index contributed by atoms with van der Waals surface area (Å²) in [6, 6.07) is 0. The molecule has 1 nitrogen and oxygen atoms in total. The summed E-state index contributed by atoms with van der Waals surface area (Å²) >= 11 is 0. The molecule has 0 rings (SSSR count). The zero-order valence-corrected chi connectivity index (χ0v) is 5.86. The van der Waals surface area contributed by atoms with E-state index in [9.17, 15) is 0 Å². The van der Waals surface area contributed by atoms with E-state index in [-0.39, 0.29) is 1.43 Å². The van der Waals surface area contributed by atoms with Crippen LogP contribution in [0.15, 0.2) is 12.7 Å². The van der Waals surface area contributed by atoms with Crippen LogP contribution in [-0.2, 0) is 0 Å². The summed E-state index contributed by atoms with van der Waals surface area (Å²) < 4.78 is 0. The lowest BCUT2D eigenvalue weighted by atomic mass is 10.8. The normalized spacial score (nSPS) is 3.57. The fraction of sp³-hybridized carbons (Fsp3) is 0.667. The zero-order valence-electron chi connectivity index (χ0n) is 5.86. The first kappa shape index (κ1) is 15.9. The third kappa shape index (κ3) is 867. The second kappa shape index (κ2) is 257. The van der Waals surface area contributed by atoms with Crippen LogP contribution in [0, 0.1) is 0 Å². The maximum atomic E-state index is 4.50. The van der Waals surface area contributed by atoms with Crippen LogP contribution in [0.5, 0.6) is 0 Å². The minimum Gasteiger partial charge on any atom is -0.333 e. The fourth-order valence-electron chi connectivity index (χ4n) is 0. The van der Waals surface area contributed by atoms with Crippen molar-refractivity contribution < 1.29 is 1.43 Å². The quantitative estimate of drug-likeness (QED) is 0.469. The predicted octanol–water partition coefficient (Wildman–Crippen LogP) is 2.04. The highest BCUT2D eigenvalue weighted by Gasteiger charge is 1.15. The minimum atomic E-state index is 0. The Labute approximate surface area is 48.7 Å². The Morgan fingerprint density at radius 2 is 1.43 bits per heavy atom. The van der Waals surface area contributed by atoms with E-state index in [1.54, 1.807) is 6.08 Å². The summed E-state index contributed by atoms with van der Waals surface area (Å²) in [5.41, 5.74) is 4.50. The maximum absolute atomic E-state index is 4.50. The zero-order chi connectivity index (χ0) is 6.71. The molecule has 0 unspecified atom stereocenters. The van der Waals surface area contributed by atoms with Crippen molar-refractivity contribution in [1.82, 2.24) is 0 Å². The third-order valence-corrected chi connectivity index (χ3v) is 0. The van der Waals surface area contributed by atoms with Crippen LogP contribution in [0.1, 0.15) is 22.2 Å². The molecule has 0 heterocycles. The van der Waals surface area contributed by atoms with Gasteiger partial charge < -0.3 is 5.73 Å². The molecule has 0 fully saturated rings. The van der Waals surface area contributed by atoms with Crippen LogP contribution in [0.25, 0.3) is 0 Å². The van der Waals surface area contributed by atoms with Crippen molar-refractivity contribution >= 4 is 0 Å². The van der Waals surface area contributed by atoms with Gasteiger partial charge >= 0.3 is 0 Å². The van der Waals surface area contributed by atoms with Gasteiger partial charge in [-0.1, -0.05) is 19.9 Å². The molecule has 0 saturated heterocycles. The molecular formula is C6H19N. The molecule has 0 aromatic rings. The lowest BCUT2D eigenvalue weighted by Crippen LogP contribution is -1.69. The van der Waals surface area contributed by atoms with Gasteiger partial charge in [0.1, 0.15) is 0 Å². The molecule has 1 heteroatoms. The van der Waals surface area contributed by atoms with E-state index < -0.39 is 0 Å². The van der Waals surface area contributed by atoms with Crippen molar-refractivity contribution in [3.63, 3.8) is 0 Å². The first-order valence-corrected chi connectivity index (χ1v) is 2.56. The summed E-state index contributed by atoms with van der Waals surface area (Å²) in [5, 5.41) is 0. The molecule has 0 aliphatic rings. The maximum Gasteiger partial charge on any atom is 0 e. The van der Waals surface area contributed by atoms with Crippen molar-refractivity contribution in [3.05, 3.63) is 12.7 Å². The fourth-order valence-corrected chi connectivity index (χ4v) is 0. The van der Waals surface area contributed by atoms with Gasteiger partial charge in [-0.05, 0) is 14.0 Å². The molecule has 0 aromatic heterocycles. The van der Waals surface area contributed by atoms with Crippen LogP contribution in [0.3, 0.4) is 0 Å². The Bertz CT molecular complexity index is 16.0. The van der Waals surface area contributed by atoms with Gasteiger partial charge in [0, 0.05) is 1.43 Å². The second-order valence-electron chi connectivity index (χ2n) is 0.408. The van der Waals surface area contributed by atoms with E-state index in [0.29, 0.717) is 0 Å². The summed E-state index contributed by atoms with van der Waals surface area (Å²) in [6.45, 7) is 9.25. The van der Waals surface area contributed by atoms with Crippen molar-refractivity contribution in [2.75, 3.05) is 7.05 Å². The molecule has 0 saturated carbocycles. The van der Waals surface area contributed by atoms with E-state index in [1.807, 2.05) is 20.8 Å². The highest BCUT2D eigenvalue weighted by Crippen LogP contribution is 1.38. The van der Waals surface area contributed by atoms with E-state index >= 15 is 0 Å². The third-order valence-electron chi connectivity index (χ3n) is 0. The van der Waals surface area contributed by atoms with Gasteiger partial charge in [0.05, 0.1) is 0 Å². The van der Waals surface area contributed by atoms with Crippen LogP contribution in [0.4, 0.5) is 0 Å². The number of hydrogen-bond acceptors (Lipinski definition) is 1. The van der Waals surface area contributed by atoms with Crippen LogP contribution < -0.4 is 5.73 Å². The Kier molecular flexibility index (Phi) is 584. The lowest BCUT2D eigenvalue weighted by molar-refractivity contribution is 1.48. The molecular weight excluding hydrogens is 86.1 g/mol. The Morgan fingerprint density at radius 3 is 1.43 bits per heavy atom. The number of rotatable bonds is 0. The van der Waals surface area contributed by atoms with Gasteiger partial charge in [-0.3, -0.25) is 0 Å². The molecule has 0 amide bonds. The smallest absolute Gasteiger partial charge is 0 e. The molecule has 48 valence electrons. The molecule has 0 spiro atoms. The van der Waals surface area contributed by atoms with Gasteiger partial charge in [0.25, 0.3) is 0 Å². The average molecular weight is 105 g/mol. The van der Waals surface area contributed by atoms with Crippen LogP contribution in [-0.4, -0.2) is 7.05 Å². The first-order valence-electron chi connectivity index (χ1n) is 2.56. The molecule has 0 bridgehead atoms. The molecule has 7 heavy (non-hydrogen) atoms. The molecule has 0 atom stereocenters. The second-order valence-corrected chi connectivity index (χ2v) is 0.408. The minimum absolute atomic E-state index is 0. The summed E-state index contributed by atoms with van der Waals surface area (Å²) in [4.78, 5) is 0. The first-order chi connectivity index (χ1) is 3.41. The van der Waals surface area contributed by atoms with E-state index in [2.05, 4.69) is 12.3 Å². The van der Waals surface area contributed by atoms with E-state index in [4.69, 9.17) is 0 Å². The highest BCUT2D eigenvalue weighted by molar-refractivity contribution is 4.51. The summed E-state index contributed by atoms with van der Waals surface area (Å²) in [5.74, 6) is 0. The molecule has 2 N–H and O–H groups in total. The van der Waals surface area contributed by atoms with Gasteiger partial charge in [-0.25, -0.2) is 0 Å².